The number of aromatic nitrogens is 1. The van der Waals surface area contributed by atoms with Crippen LogP contribution in [-0.2, 0) is 9.53 Å². The number of benzene rings is 2. The number of anilines is 1. The number of thiazole rings is 1. The number of aryl methyl sites for hydroxylation is 1. The minimum Gasteiger partial charge on any atom is -0.493 e. The van der Waals surface area contributed by atoms with Gasteiger partial charge in [-0.1, -0.05) is 29.5 Å². The van der Waals surface area contributed by atoms with Gasteiger partial charge < -0.3 is 14.2 Å². The molecule has 0 saturated carbocycles. The molecule has 2 heterocycles. The number of para-hydroxylation sites is 2. The number of morpholine rings is 1. The molecular weight excluding hydrogens is 426 g/mol. The van der Waals surface area contributed by atoms with Crippen molar-refractivity contribution in [1.29, 1.82) is 0 Å². The van der Waals surface area contributed by atoms with E-state index in [9.17, 15) is 4.79 Å². The van der Waals surface area contributed by atoms with Crippen molar-refractivity contribution in [2.24, 2.45) is 0 Å². The van der Waals surface area contributed by atoms with Gasteiger partial charge in [0.25, 0.3) is 5.91 Å². The number of nitrogens with zero attached hydrogens (tertiary/aromatic N) is 3. The van der Waals surface area contributed by atoms with Crippen LogP contribution in [0.3, 0.4) is 0 Å². The first kappa shape index (κ1) is 22.5. The van der Waals surface area contributed by atoms with E-state index in [0.717, 1.165) is 49.5 Å². The molecule has 4 rings (SSSR count). The number of ether oxygens (including phenoxy) is 3. The molecule has 2 aromatic carbocycles. The molecule has 0 aliphatic carbocycles. The van der Waals surface area contributed by atoms with Gasteiger partial charge in [0.2, 0.25) is 0 Å². The number of carbonyl (C=O) groups excluding carboxylic acids is 1. The maximum atomic E-state index is 13.2. The van der Waals surface area contributed by atoms with Crippen LogP contribution >= 0.6 is 11.3 Å². The van der Waals surface area contributed by atoms with E-state index >= 15 is 0 Å². The number of amides is 1. The van der Waals surface area contributed by atoms with Gasteiger partial charge in [0, 0.05) is 26.2 Å². The van der Waals surface area contributed by atoms with Crippen LogP contribution in [0.5, 0.6) is 11.5 Å². The Hall–Kier alpha value is -2.68. The minimum absolute atomic E-state index is 0.0765. The molecule has 0 spiro atoms. The van der Waals surface area contributed by atoms with E-state index in [2.05, 4.69) is 17.9 Å². The second kappa shape index (κ2) is 10.8. The fourth-order valence-corrected chi connectivity index (χ4v) is 4.80. The number of rotatable bonds is 9. The zero-order valence-electron chi connectivity index (χ0n) is 18.6. The van der Waals surface area contributed by atoms with Crippen molar-refractivity contribution in [2.75, 3.05) is 58.0 Å². The highest BCUT2D eigenvalue weighted by atomic mass is 32.1. The zero-order valence-corrected chi connectivity index (χ0v) is 19.4. The van der Waals surface area contributed by atoms with Crippen molar-refractivity contribution in [2.45, 2.75) is 13.3 Å². The van der Waals surface area contributed by atoms with Crippen molar-refractivity contribution in [3.8, 4) is 11.5 Å². The number of fused-ring (bicyclic) bond motifs is 1. The Morgan fingerprint density at radius 3 is 2.75 bits per heavy atom. The van der Waals surface area contributed by atoms with Gasteiger partial charge >= 0.3 is 0 Å². The standard InChI is InChI=1S/C24H29N3O4S/c1-18-8-9-19-22(16-18)32-24(25-19)27(11-5-10-26-12-14-30-15-13-26)23(28)17-31-21-7-4-3-6-20(21)29-2/h3-4,6-9,16H,5,10-15,17H2,1-2H3. The highest BCUT2D eigenvalue weighted by molar-refractivity contribution is 7.22. The number of carbonyl (C=O) groups is 1. The largest absolute Gasteiger partial charge is 0.493 e. The first-order chi connectivity index (χ1) is 15.6. The Balaban J connectivity index is 1.48. The lowest BCUT2D eigenvalue weighted by Crippen LogP contribution is -2.40. The van der Waals surface area contributed by atoms with Gasteiger partial charge in [0.15, 0.2) is 23.2 Å². The van der Waals surface area contributed by atoms with Crippen LogP contribution in [0, 0.1) is 6.92 Å². The molecule has 170 valence electrons. The summed E-state index contributed by atoms with van der Waals surface area (Å²) in [6.07, 6.45) is 0.856. The van der Waals surface area contributed by atoms with Crippen molar-refractivity contribution in [1.82, 2.24) is 9.88 Å². The van der Waals surface area contributed by atoms with Crippen molar-refractivity contribution < 1.29 is 19.0 Å². The molecule has 0 atom stereocenters. The van der Waals surface area contributed by atoms with E-state index in [1.807, 2.05) is 30.3 Å². The molecule has 8 heteroatoms. The summed E-state index contributed by atoms with van der Waals surface area (Å²) in [6, 6.07) is 13.5. The topological polar surface area (TPSA) is 64.1 Å². The van der Waals surface area contributed by atoms with Gasteiger partial charge in [-0.05, 0) is 43.2 Å². The molecule has 7 nitrogen and oxygen atoms in total. The molecule has 0 unspecified atom stereocenters. The van der Waals surface area contributed by atoms with Crippen LogP contribution in [0.1, 0.15) is 12.0 Å². The lowest BCUT2D eigenvalue weighted by Gasteiger charge is -2.27. The van der Waals surface area contributed by atoms with Crippen LogP contribution in [0.4, 0.5) is 5.13 Å². The fourth-order valence-electron chi connectivity index (χ4n) is 3.69. The number of hydrogen-bond acceptors (Lipinski definition) is 7. The third-order valence-corrected chi connectivity index (χ3v) is 6.49. The Labute approximate surface area is 192 Å². The summed E-state index contributed by atoms with van der Waals surface area (Å²) >= 11 is 1.54. The Bertz CT molecular complexity index is 1050. The van der Waals surface area contributed by atoms with Crippen molar-refractivity contribution >= 4 is 32.6 Å². The molecule has 1 fully saturated rings. The molecule has 1 aliphatic rings. The van der Waals surface area contributed by atoms with Crippen LogP contribution in [0.25, 0.3) is 10.2 Å². The van der Waals surface area contributed by atoms with Gasteiger partial charge in [0.05, 0.1) is 30.5 Å². The van der Waals surface area contributed by atoms with E-state index in [-0.39, 0.29) is 12.5 Å². The Kier molecular flexibility index (Phi) is 7.57. The summed E-state index contributed by atoms with van der Waals surface area (Å²) in [5.74, 6) is 1.04. The molecular formula is C24H29N3O4S. The van der Waals surface area contributed by atoms with E-state index in [4.69, 9.17) is 19.2 Å². The first-order valence-corrected chi connectivity index (χ1v) is 11.7. The fraction of sp³-hybridized carbons (Fsp3) is 0.417. The summed E-state index contributed by atoms with van der Waals surface area (Å²) in [7, 11) is 1.59. The average molecular weight is 456 g/mol. The summed E-state index contributed by atoms with van der Waals surface area (Å²) in [4.78, 5) is 22.1. The monoisotopic (exact) mass is 455 g/mol. The molecule has 0 N–H and O–H groups in total. The molecule has 1 aromatic heterocycles. The summed E-state index contributed by atoms with van der Waals surface area (Å²) < 4.78 is 17.7. The summed E-state index contributed by atoms with van der Waals surface area (Å²) in [6.45, 7) is 6.91. The predicted molar refractivity (Wildman–Crippen MR) is 127 cm³/mol. The highest BCUT2D eigenvalue weighted by Crippen LogP contribution is 2.30. The van der Waals surface area contributed by atoms with Crippen LogP contribution < -0.4 is 14.4 Å². The van der Waals surface area contributed by atoms with Gasteiger partial charge in [-0.2, -0.15) is 0 Å². The summed E-state index contributed by atoms with van der Waals surface area (Å²) in [5.41, 5.74) is 2.09. The molecule has 0 radical (unpaired) electrons. The Morgan fingerprint density at radius 1 is 1.19 bits per heavy atom. The Morgan fingerprint density at radius 2 is 1.97 bits per heavy atom. The molecule has 32 heavy (non-hydrogen) atoms. The summed E-state index contributed by atoms with van der Waals surface area (Å²) in [5, 5.41) is 0.709. The maximum absolute atomic E-state index is 13.2. The van der Waals surface area contributed by atoms with Gasteiger partial charge in [-0.15, -0.1) is 0 Å². The average Bonchev–Trinajstić information content (AvgIpc) is 3.23. The molecule has 1 aliphatic heterocycles. The molecule has 0 bridgehead atoms. The third-order valence-electron chi connectivity index (χ3n) is 5.44. The van der Waals surface area contributed by atoms with Crippen molar-refractivity contribution in [3.63, 3.8) is 0 Å². The molecule has 1 saturated heterocycles. The normalized spacial score (nSPS) is 14.4. The van der Waals surface area contributed by atoms with Crippen LogP contribution in [-0.4, -0.2) is 68.9 Å². The smallest absolute Gasteiger partial charge is 0.266 e. The second-order valence-electron chi connectivity index (χ2n) is 7.76. The van der Waals surface area contributed by atoms with Crippen molar-refractivity contribution in [3.05, 3.63) is 48.0 Å². The number of hydrogen-bond donors (Lipinski definition) is 0. The lowest BCUT2D eigenvalue weighted by atomic mass is 10.2. The van der Waals surface area contributed by atoms with E-state index in [0.29, 0.717) is 23.2 Å². The molecule has 3 aromatic rings. The first-order valence-electron chi connectivity index (χ1n) is 10.9. The minimum atomic E-state index is -0.117. The predicted octanol–water partition coefficient (Wildman–Crippen LogP) is 3.75. The highest BCUT2D eigenvalue weighted by Gasteiger charge is 2.21. The zero-order chi connectivity index (χ0) is 22.3. The third kappa shape index (κ3) is 5.56. The SMILES string of the molecule is COc1ccccc1OCC(=O)N(CCCN1CCOCC1)c1nc2ccc(C)cc2s1. The van der Waals surface area contributed by atoms with Gasteiger partial charge in [-0.25, -0.2) is 4.98 Å². The second-order valence-corrected chi connectivity index (χ2v) is 8.77. The molecule has 1 amide bonds. The van der Waals surface area contributed by atoms with Crippen LogP contribution in [0.15, 0.2) is 42.5 Å². The quantitative estimate of drug-likeness (QED) is 0.490. The van der Waals surface area contributed by atoms with E-state index in [1.165, 1.54) is 5.56 Å². The van der Waals surface area contributed by atoms with Gasteiger partial charge in [0.1, 0.15) is 0 Å². The lowest BCUT2D eigenvalue weighted by molar-refractivity contribution is -0.120. The van der Waals surface area contributed by atoms with Gasteiger partial charge in [-0.3, -0.25) is 14.6 Å². The van der Waals surface area contributed by atoms with E-state index < -0.39 is 0 Å². The maximum Gasteiger partial charge on any atom is 0.266 e. The van der Waals surface area contributed by atoms with Crippen LogP contribution in [0.2, 0.25) is 0 Å². The number of methoxy groups -OCH3 is 1. The van der Waals surface area contributed by atoms with E-state index in [1.54, 1.807) is 29.4 Å².